The molecule has 0 radical (unpaired) electrons. The number of nitrogens with zero attached hydrogens (tertiary/aromatic N) is 1. The molecule has 2 atom stereocenters. The minimum Gasteiger partial charge on any atom is -0.459 e. The predicted molar refractivity (Wildman–Crippen MR) is 106 cm³/mol. The maximum absolute atomic E-state index is 12.6. The molecule has 1 aromatic rings. The van der Waals surface area contributed by atoms with Crippen molar-refractivity contribution in [2.45, 2.75) is 47.1 Å². The van der Waals surface area contributed by atoms with Crippen LogP contribution >= 0.6 is 11.3 Å². The van der Waals surface area contributed by atoms with Crippen molar-refractivity contribution >= 4 is 34.1 Å². The van der Waals surface area contributed by atoms with Gasteiger partial charge in [0.05, 0.1) is 23.1 Å². The molecule has 0 unspecified atom stereocenters. The first-order valence-electron chi connectivity index (χ1n) is 9.24. The van der Waals surface area contributed by atoms with Gasteiger partial charge in [0.2, 0.25) is 5.91 Å². The second kappa shape index (κ2) is 8.84. The molecular weight excluding hydrogens is 366 g/mol. The molecular formula is C19H29N3O4S. The summed E-state index contributed by atoms with van der Waals surface area (Å²) >= 11 is 1.02. The van der Waals surface area contributed by atoms with Gasteiger partial charge in [-0.25, -0.2) is 4.79 Å². The molecule has 150 valence electrons. The number of esters is 1. The van der Waals surface area contributed by atoms with Gasteiger partial charge in [0, 0.05) is 13.1 Å². The van der Waals surface area contributed by atoms with E-state index in [1.54, 1.807) is 20.8 Å². The third-order valence-electron chi connectivity index (χ3n) is 4.48. The van der Waals surface area contributed by atoms with Crippen molar-refractivity contribution in [2.75, 3.05) is 25.0 Å². The Kier molecular flexibility index (Phi) is 7.00. The fourth-order valence-corrected chi connectivity index (χ4v) is 4.71. The second-order valence-electron chi connectivity index (χ2n) is 7.77. The second-order valence-corrected chi connectivity index (χ2v) is 8.79. The molecule has 27 heavy (non-hydrogen) atoms. The summed E-state index contributed by atoms with van der Waals surface area (Å²) in [5.74, 6) is -0.323. The quantitative estimate of drug-likeness (QED) is 0.721. The van der Waals surface area contributed by atoms with Crippen molar-refractivity contribution in [3.63, 3.8) is 0 Å². The van der Waals surface area contributed by atoms with E-state index in [2.05, 4.69) is 24.1 Å². The Labute approximate surface area is 164 Å². The number of carbonyl (C=O) groups excluding carboxylic acids is 3. The van der Waals surface area contributed by atoms with E-state index in [9.17, 15) is 14.4 Å². The average molecular weight is 396 g/mol. The fourth-order valence-electron chi connectivity index (χ4n) is 3.65. The molecule has 1 aliphatic rings. The highest BCUT2D eigenvalue weighted by Crippen LogP contribution is 2.34. The number of piperidine rings is 1. The zero-order valence-corrected chi connectivity index (χ0v) is 17.4. The fraction of sp³-hybridized carbons (Fsp3) is 0.632. The Hall–Kier alpha value is -1.93. The first-order chi connectivity index (χ1) is 12.6. The lowest BCUT2D eigenvalue weighted by Gasteiger charge is -2.34. The van der Waals surface area contributed by atoms with Crippen LogP contribution in [-0.4, -0.2) is 48.4 Å². The number of primary amides is 1. The summed E-state index contributed by atoms with van der Waals surface area (Å²) in [6.45, 7) is 11.5. The SMILES string of the molecule is Cc1c(C(N)=O)sc(NC(=O)CN2C[C@@H](C)C[C@H](C)C2)c1C(=O)OC(C)C. The number of ether oxygens (including phenoxy) is 1. The van der Waals surface area contributed by atoms with Crippen LogP contribution in [0.5, 0.6) is 0 Å². The zero-order valence-electron chi connectivity index (χ0n) is 16.6. The Bertz CT molecular complexity index is 719. The predicted octanol–water partition coefficient (Wildman–Crippen LogP) is 2.64. The van der Waals surface area contributed by atoms with Crippen molar-refractivity contribution in [1.29, 1.82) is 0 Å². The van der Waals surface area contributed by atoms with E-state index in [1.165, 1.54) is 0 Å². The number of rotatable bonds is 6. The molecule has 1 aromatic heterocycles. The van der Waals surface area contributed by atoms with Gasteiger partial charge in [-0.15, -0.1) is 11.3 Å². The van der Waals surface area contributed by atoms with Crippen molar-refractivity contribution in [3.05, 3.63) is 16.0 Å². The van der Waals surface area contributed by atoms with E-state index in [0.29, 0.717) is 22.4 Å². The third-order valence-corrected chi connectivity index (χ3v) is 5.70. The molecule has 8 heteroatoms. The maximum Gasteiger partial charge on any atom is 0.341 e. The zero-order chi connectivity index (χ0) is 20.3. The summed E-state index contributed by atoms with van der Waals surface area (Å²) in [6.07, 6.45) is 0.851. The number of nitrogens with one attached hydrogen (secondary N) is 1. The molecule has 1 aliphatic heterocycles. The molecule has 2 heterocycles. The summed E-state index contributed by atoms with van der Waals surface area (Å²) in [4.78, 5) is 39.1. The normalized spacial score (nSPS) is 20.5. The van der Waals surface area contributed by atoms with Gasteiger partial charge in [-0.05, 0) is 44.6 Å². The van der Waals surface area contributed by atoms with Crippen LogP contribution in [0, 0.1) is 18.8 Å². The van der Waals surface area contributed by atoms with E-state index in [4.69, 9.17) is 10.5 Å². The molecule has 3 N–H and O–H groups in total. The van der Waals surface area contributed by atoms with Crippen LogP contribution in [-0.2, 0) is 9.53 Å². The highest BCUT2D eigenvalue weighted by Gasteiger charge is 2.28. The topological polar surface area (TPSA) is 102 Å². The highest BCUT2D eigenvalue weighted by molar-refractivity contribution is 7.18. The molecule has 0 aromatic carbocycles. The first kappa shape index (κ1) is 21.4. The minimum absolute atomic E-state index is 0.205. The number of carbonyl (C=O) groups is 3. The number of anilines is 1. The molecule has 0 aliphatic carbocycles. The summed E-state index contributed by atoms with van der Waals surface area (Å²) in [5, 5.41) is 3.10. The summed E-state index contributed by atoms with van der Waals surface area (Å²) in [5.41, 5.74) is 6.05. The summed E-state index contributed by atoms with van der Waals surface area (Å²) < 4.78 is 5.26. The van der Waals surface area contributed by atoms with E-state index in [1.807, 2.05) is 0 Å². The van der Waals surface area contributed by atoms with E-state index >= 15 is 0 Å². The van der Waals surface area contributed by atoms with Gasteiger partial charge >= 0.3 is 5.97 Å². The molecule has 0 bridgehead atoms. The highest BCUT2D eigenvalue weighted by atomic mass is 32.1. The number of amides is 2. The largest absolute Gasteiger partial charge is 0.459 e. The van der Waals surface area contributed by atoms with Crippen molar-refractivity contribution in [3.8, 4) is 0 Å². The molecule has 7 nitrogen and oxygen atoms in total. The molecule has 0 spiro atoms. The molecule has 1 saturated heterocycles. The van der Waals surface area contributed by atoms with E-state index in [0.717, 1.165) is 30.8 Å². The Balaban J connectivity index is 2.18. The number of hydrogen-bond donors (Lipinski definition) is 2. The van der Waals surface area contributed by atoms with Gasteiger partial charge in [-0.2, -0.15) is 0 Å². The van der Waals surface area contributed by atoms with Gasteiger partial charge in [-0.1, -0.05) is 13.8 Å². The van der Waals surface area contributed by atoms with E-state index < -0.39 is 11.9 Å². The first-order valence-corrected chi connectivity index (χ1v) is 10.1. The van der Waals surface area contributed by atoms with Crippen LogP contribution in [0.4, 0.5) is 5.00 Å². The Morgan fingerprint density at radius 3 is 2.37 bits per heavy atom. The molecule has 1 fully saturated rings. The van der Waals surface area contributed by atoms with Crippen molar-refractivity contribution in [1.82, 2.24) is 4.90 Å². The van der Waals surface area contributed by atoms with Gasteiger partial charge < -0.3 is 15.8 Å². The summed E-state index contributed by atoms with van der Waals surface area (Å²) in [6, 6.07) is 0. The lowest BCUT2D eigenvalue weighted by atomic mass is 9.92. The van der Waals surface area contributed by atoms with Crippen LogP contribution < -0.4 is 11.1 Å². The maximum atomic E-state index is 12.6. The van der Waals surface area contributed by atoms with Crippen LogP contribution in [0.2, 0.25) is 0 Å². The van der Waals surface area contributed by atoms with Crippen LogP contribution in [0.25, 0.3) is 0 Å². The van der Waals surface area contributed by atoms with Gasteiger partial charge in [0.1, 0.15) is 5.00 Å². The molecule has 2 amide bonds. The Morgan fingerprint density at radius 1 is 1.26 bits per heavy atom. The van der Waals surface area contributed by atoms with Crippen LogP contribution in [0.3, 0.4) is 0 Å². The number of thiophene rings is 1. The van der Waals surface area contributed by atoms with E-state index in [-0.39, 0.29) is 29.0 Å². The van der Waals surface area contributed by atoms with Gasteiger partial charge in [-0.3, -0.25) is 14.5 Å². The number of hydrogen-bond acceptors (Lipinski definition) is 6. The summed E-state index contributed by atoms with van der Waals surface area (Å²) in [7, 11) is 0. The third kappa shape index (κ3) is 5.52. The monoisotopic (exact) mass is 395 g/mol. The van der Waals surface area contributed by atoms with Gasteiger partial charge in [0.25, 0.3) is 5.91 Å². The van der Waals surface area contributed by atoms with Crippen molar-refractivity contribution in [2.24, 2.45) is 17.6 Å². The minimum atomic E-state index is -0.629. The lowest BCUT2D eigenvalue weighted by molar-refractivity contribution is -0.117. The average Bonchev–Trinajstić information content (AvgIpc) is 2.81. The molecule has 2 rings (SSSR count). The van der Waals surface area contributed by atoms with Gasteiger partial charge in [0.15, 0.2) is 0 Å². The standard InChI is InChI=1S/C19H29N3O4S/c1-10(2)26-19(25)15-13(5)16(17(20)24)27-18(15)21-14(23)9-22-7-11(3)6-12(4)8-22/h10-12H,6-9H2,1-5H3,(H2,20,24)(H,21,23)/t11-,12-/m0/s1. The smallest absolute Gasteiger partial charge is 0.341 e. The number of nitrogens with two attached hydrogens (primary N) is 1. The van der Waals surface area contributed by atoms with Crippen LogP contribution in [0.15, 0.2) is 0 Å². The lowest BCUT2D eigenvalue weighted by Crippen LogP contribution is -2.42. The van der Waals surface area contributed by atoms with Crippen LogP contribution in [0.1, 0.15) is 59.7 Å². The number of likely N-dealkylation sites (tertiary alicyclic amines) is 1. The molecule has 0 saturated carbocycles. The Morgan fingerprint density at radius 2 is 1.85 bits per heavy atom. The van der Waals surface area contributed by atoms with Crippen molar-refractivity contribution < 1.29 is 19.1 Å².